The minimum absolute atomic E-state index is 0.891. The summed E-state index contributed by atoms with van der Waals surface area (Å²) < 4.78 is 11.5. The summed E-state index contributed by atoms with van der Waals surface area (Å²) in [5.41, 5.74) is 0. The lowest BCUT2D eigenvalue weighted by Crippen LogP contribution is -2.36. The summed E-state index contributed by atoms with van der Waals surface area (Å²) in [6.45, 7) is -2.09. The predicted molar refractivity (Wildman–Crippen MR) is 30.1 cm³/mol. The molecular weight excluding hydrogens is 143 g/mol. The molecule has 4 nitrogen and oxygen atoms in total. The van der Waals surface area contributed by atoms with Gasteiger partial charge in [0.15, 0.2) is 5.78 Å². The van der Waals surface area contributed by atoms with Gasteiger partial charge in [-0.1, -0.05) is 0 Å². The molecule has 10 heavy (non-hydrogen) atoms. The van der Waals surface area contributed by atoms with Crippen molar-refractivity contribution in [3.63, 3.8) is 0 Å². The van der Waals surface area contributed by atoms with Gasteiger partial charge in [-0.05, 0) is 0 Å². The summed E-state index contributed by atoms with van der Waals surface area (Å²) in [7, 11) is 0. The molecule has 0 aliphatic carbocycles. The van der Waals surface area contributed by atoms with Crippen LogP contribution in [0.15, 0.2) is 0 Å². The van der Waals surface area contributed by atoms with Crippen LogP contribution in [0.3, 0.4) is 0 Å². The van der Waals surface area contributed by atoms with Crippen molar-refractivity contribution in [1.82, 2.24) is 0 Å². The second-order valence-corrected chi connectivity index (χ2v) is 1.79. The van der Waals surface area contributed by atoms with E-state index >= 15 is 0 Å². The molecule has 0 saturated heterocycles. The zero-order valence-electron chi connectivity index (χ0n) is 5.20. The number of Topliss-reactive ketones (excluding diaryl/α,β-unsaturated/α-hetero) is 1. The first-order chi connectivity index (χ1) is 4.63. The van der Waals surface area contributed by atoms with Gasteiger partial charge in [0.05, 0.1) is 0 Å². The van der Waals surface area contributed by atoms with Gasteiger partial charge in [-0.15, -0.1) is 0 Å². The molecule has 5 heteroatoms. The van der Waals surface area contributed by atoms with Crippen LogP contribution in [-0.2, 0) is 4.79 Å². The fourth-order valence-corrected chi connectivity index (χ4v) is 0.392. The average molecular weight is 152 g/mol. The van der Waals surface area contributed by atoms with Crippen molar-refractivity contribution >= 4 is 5.78 Å². The van der Waals surface area contributed by atoms with E-state index in [-0.39, 0.29) is 0 Å². The van der Waals surface area contributed by atoms with Crippen LogP contribution in [0.1, 0.15) is 0 Å². The number of carbonyl (C=O) groups excluding carboxylic acids is 1. The van der Waals surface area contributed by atoms with Gasteiger partial charge in [0.25, 0.3) is 0 Å². The molecule has 0 aromatic rings. The molecule has 0 bridgehead atoms. The highest BCUT2D eigenvalue weighted by molar-refractivity contribution is 5.84. The largest absolute Gasteiger partial charge is 0.388 e. The number of ketones is 1. The minimum Gasteiger partial charge on any atom is -0.388 e. The van der Waals surface area contributed by atoms with E-state index in [9.17, 15) is 9.18 Å². The number of hydrogen-bond donors (Lipinski definition) is 3. The van der Waals surface area contributed by atoms with Crippen molar-refractivity contribution in [3.05, 3.63) is 0 Å². The van der Waals surface area contributed by atoms with E-state index in [4.69, 9.17) is 15.3 Å². The van der Waals surface area contributed by atoms with Gasteiger partial charge in [0.2, 0.25) is 0 Å². The van der Waals surface area contributed by atoms with Gasteiger partial charge in [-0.3, -0.25) is 4.79 Å². The van der Waals surface area contributed by atoms with Crippen LogP contribution in [0.2, 0.25) is 0 Å². The number of halogens is 1. The molecule has 0 aliphatic heterocycles. The standard InChI is InChI=1S/C5H9FO4/c6-1-3(8)5(10)4(9)2-7/h3,5,7-8,10H,1-2H2/t3-,5-/m1/s1. The minimum atomic E-state index is -1.81. The topological polar surface area (TPSA) is 77.8 Å². The Morgan fingerprint density at radius 3 is 2.30 bits per heavy atom. The SMILES string of the molecule is O=C(CO)[C@H](O)[C@H](O)CF. The molecule has 0 aromatic carbocycles. The molecule has 60 valence electrons. The third-order valence-electron chi connectivity index (χ3n) is 1.01. The van der Waals surface area contributed by atoms with Gasteiger partial charge in [0.1, 0.15) is 25.5 Å². The molecule has 0 radical (unpaired) electrons. The molecule has 0 fully saturated rings. The third-order valence-corrected chi connectivity index (χ3v) is 1.01. The van der Waals surface area contributed by atoms with E-state index < -0.39 is 31.3 Å². The monoisotopic (exact) mass is 152 g/mol. The van der Waals surface area contributed by atoms with Crippen LogP contribution >= 0.6 is 0 Å². The smallest absolute Gasteiger partial charge is 0.189 e. The van der Waals surface area contributed by atoms with Crippen molar-refractivity contribution in [2.24, 2.45) is 0 Å². The number of aliphatic hydroxyl groups is 3. The van der Waals surface area contributed by atoms with Crippen LogP contribution in [0.25, 0.3) is 0 Å². The van der Waals surface area contributed by atoms with Gasteiger partial charge in [-0.25, -0.2) is 4.39 Å². The summed E-state index contributed by atoms with van der Waals surface area (Å²) in [5, 5.41) is 25.2. The lowest BCUT2D eigenvalue weighted by molar-refractivity contribution is -0.136. The van der Waals surface area contributed by atoms with Crippen molar-refractivity contribution in [2.75, 3.05) is 13.3 Å². The Balaban J connectivity index is 3.81. The highest BCUT2D eigenvalue weighted by atomic mass is 19.1. The fraction of sp³-hybridized carbons (Fsp3) is 0.800. The van der Waals surface area contributed by atoms with Crippen LogP contribution in [-0.4, -0.2) is 46.6 Å². The summed E-state index contributed by atoms with van der Waals surface area (Å²) >= 11 is 0. The number of aliphatic hydroxyl groups excluding tert-OH is 3. The molecule has 0 saturated carbocycles. The fourth-order valence-electron chi connectivity index (χ4n) is 0.392. The van der Waals surface area contributed by atoms with Gasteiger partial charge < -0.3 is 15.3 Å². The zero-order chi connectivity index (χ0) is 8.15. The Morgan fingerprint density at radius 2 is 2.00 bits per heavy atom. The van der Waals surface area contributed by atoms with Crippen molar-refractivity contribution < 1.29 is 24.5 Å². The number of rotatable bonds is 4. The number of hydrogen-bond acceptors (Lipinski definition) is 4. The van der Waals surface area contributed by atoms with E-state index in [2.05, 4.69) is 0 Å². The lowest BCUT2D eigenvalue weighted by atomic mass is 10.1. The van der Waals surface area contributed by atoms with Crippen LogP contribution in [0.5, 0.6) is 0 Å². The quantitative estimate of drug-likeness (QED) is 0.446. The van der Waals surface area contributed by atoms with Crippen molar-refractivity contribution in [3.8, 4) is 0 Å². The molecule has 0 heterocycles. The molecule has 0 unspecified atom stereocenters. The maximum absolute atomic E-state index is 11.5. The van der Waals surface area contributed by atoms with Gasteiger partial charge >= 0.3 is 0 Å². The maximum atomic E-state index is 11.5. The summed E-state index contributed by atoms with van der Waals surface area (Å²) in [6, 6.07) is 0. The molecule has 0 aliphatic rings. The lowest BCUT2D eigenvalue weighted by Gasteiger charge is -2.10. The van der Waals surface area contributed by atoms with Crippen molar-refractivity contribution in [2.45, 2.75) is 12.2 Å². The molecule has 0 spiro atoms. The summed E-state index contributed by atoms with van der Waals surface area (Å²) in [4.78, 5) is 10.3. The van der Waals surface area contributed by atoms with E-state index in [1.807, 2.05) is 0 Å². The van der Waals surface area contributed by atoms with E-state index in [0.29, 0.717) is 0 Å². The van der Waals surface area contributed by atoms with Crippen LogP contribution in [0.4, 0.5) is 4.39 Å². The second-order valence-electron chi connectivity index (χ2n) is 1.79. The second kappa shape index (κ2) is 4.32. The Bertz CT molecular complexity index is 116. The Morgan fingerprint density at radius 1 is 1.50 bits per heavy atom. The summed E-state index contributed by atoms with van der Waals surface area (Å²) in [6.07, 6.45) is -3.53. The van der Waals surface area contributed by atoms with Gasteiger partial charge in [0, 0.05) is 0 Å². The molecule has 2 atom stereocenters. The molecule has 0 amide bonds. The Hall–Kier alpha value is -0.520. The summed E-state index contributed by atoms with van der Waals surface area (Å²) in [5.74, 6) is -0.981. The van der Waals surface area contributed by atoms with Crippen LogP contribution < -0.4 is 0 Å². The number of carbonyl (C=O) groups is 1. The Labute approximate surface area is 56.9 Å². The molecular formula is C5H9FO4. The predicted octanol–water partition coefficient (Wildman–Crippen LogP) is -1.76. The first-order valence-corrected chi connectivity index (χ1v) is 2.69. The highest BCUT2D eigenvalue weighted by Gasteiger charge is 2.22. The normalized spacial score (nSPS) is 16.4. The van der Waals surface area contributed by atoms with Gasteiger partial charge in [-0.2, -0.15) is 0 Å². The molecule has 3 N–H and O–H groups in total. The van der Waals surface area contributed by atoms with E-state index in [0.717, 1.165) is 0 Å². The molecule has 0 aromatic heterocycles. The third kappa shape index (κ3) is 2.38. The number of alkyl halides is 1. The first-order valence-electron chi connectivity index (χ1n) is 2.69. The van der Waals surface area contributed by atoms with Crippen LogP contribution in [0, 0.1) is 0 Å². The zero-order valence-corrected chi connectivity index (χ0v) is 5.20. The van der Waals surface area contributed by atoms with E-state index in [1.165, 1.54) is 0 Å². The van der Waals surface area contributed by atoms with Crippen molar-refractivity contribution in [1.29, 1.82) is 0 Å². The maximum Gasteiger partial charge on any atom is 0.189 e. The Kier molecular flexibility index (Phi) is 4.10. The molecule has 0 rings (SSSR count). The average Bonchev–Trinajstić information content (AvgIpc) is 2.00. The first kappa shape index (κ1) is 9.48. The van der Waals surface area contributed by atoms with E-state index in [1.54, 1.807) is 0 Å². The highest BCUT2D eigenvalue weighted by Crippen LogP contribution is 1.95.